The van der Waals surface area contributed by atoms with Crippen molar-refractivity contribution in [3.05, 3.63) is 40.7 Å². The maximum absolute atomic E-state index is 11.2. The van der Waals surface area contributed by atoms with Gasteiger partial charge in [-0.25, -0.2) is 14.6 Å². The van der Waals surface area contributed by atoms with Crippen LogP contribution in [-0.2, 0) is 0 Å². The Labute approximate surface area is 77.5 Å². The lowest BCUT2D eigenvalue weighted by atomic mass is 10.3. The number of rotatable bonds is 1. The number of carbonyl (C=O) groups is 1. The number of carboxylic acid groups (broad SMARTS) is 1. The van der Waals surface area contributed by atoms with Crippen LogP contribution in [0.2, 0.25) is 0 Å². The predicted octanol–water partition coefficient (Wildman–Crippen LogP) is -0.212. The Morgan fingerprint density at radius 3 is 2.86 bits per heavy atom. The molecule has 14 heavy (non-hydrogen) atoms. The third kappa shape index (κ3) is 1.22. The van der Waals surface area contributed by atoms with E-state index in [0.29, 0.717) is 5.65 Å². The van der Waals surface area contributed by atoms with Gasteiger partial charge in [-0.15, -0.1) is 0 Å². The normalized spacial score (nSPS) is 10.3. The van der Waals surface area contributed by atoms with Crippen molar-refractivity contribution in [3.8, 4) is 0 Å². The fourth-order valence-electron chi connectivity index (χ4n) is 1.08. The van der Waals surface area contributed by atoms with E-state index in [0.717, 1.165) is 10.7 Å². The van der Waals surface area contributed by atoms with Gasteiger partial charge in [0.15, 0.2) is 0 Å². The molecule has 2 aromatic heterocycles. The first-order chi connectivity index (χ1) is 6.68. The molecule has 0 amide bonds. The number of pyridine rings is 1. The maximum Gasteiger partial charge on any atom is 0.354 e. The number of aromatic nitrogens is 3. The lowest BCUT2D eigenvalue weighted by Gasteiger charge is -1.98. The average molecular weight is 191 g/mol. The molecule has 0 saturated heterocycles. The number of nitrogens with zero attached hydrogens (tertiary/aromatic N) is 3. The van der Waals surface area contributed by atoms with Crippen LogP contribution in [0.4, 0.5) is 0 Å². The van der Waals surface area contributed by atoms with Crippen LogP contribution in [0.25, 0.3) is 5.65 Å². The minimum absolute atomic E-state index is 0.0226. The molecule has 0 fully saturated rings. The van der Waals surface area contributed by atoms with E-state index in [2.05, 4.69) is 9.97 Å². The van der Waals surface area contributed by atoms with E-state index in [-0.39, 0.29) is 5.56 Å². The second-order valence-electron chi connectivity index (χ2n) is 2.61. The minimum atomic E-state index is -1.09. The van der Waals surface area contributed by atoms with Crippen LogP contribution in [0.3, 0.4) is 0 Å². The molecule has 0 aliphatic rings. The van der Waals surface area contributed by atoms with E-state index in [1.807, 2.05) is 0 Å². The van der Waals surface area contributed by atoms with Gasteiger partial charge in [-0.05, 0) is 12.1 Å². The molecule has 70 valence electrons. The van der Waals surface area contributed by atoms with Crippen molar-refractivity contribution in [3.63, 3.8) is 0 Å². The summed E-state index contributed by atoms with van der Waals surface area (Å²) in [7, 11) is 0. The van der Waals surface area contributed by atoms with Crippen molar-refractivity contribution in [2.45, 2.75) is 0 Å². The van der Waals surface area contributed by atoms with Gasteiger partial charge < -0.3 is 5.11 Å². The van der Waals surface area contributed by atoms with Crippen molar-refractivity contribution in [1.29, 1.82) is 0 Å². The summed E-state index contributed by atoms with van der Waals surface area (Å²) in [6.45, 7) is 0. The summed E-state index contributed by atoms with van der Waals surface area (Å²) >= 11 is 0. The zero-order chi connectivity index (χ0) is 10.1. The van der Waals surface area contributed by atoms with Crippen LogP contribution < -0.4 is 5.69 Å². The predicted molar refractivity (Wildman–Crippen MR) is 46.2 cm³/mol. The molecule has 6 heteroatoms. The Kier molecular flexibility index (Phi) is 1.74. The SMILES string of the molecule is O=C(O)c1ccc2ncnc(=O)n2c1. The first-order valence-corrected chi connectivity index (χ1v) is 3.75. The number of hydrogen-bond donors (Lipinski definition) is 1. The minimum Gasteiger partial charge on any atom is -0.478 e. The van der Waals surface area contributed by atoms with Crippen LogP contribution in [0.5, 0.6) is 0 Å². The molecule has 6 nitrogen and oxygen atoms in total. The van der Waals surface area contributed by atoms with Gasteiger partial charge in [0, 0.05) is 6.20 Å². The largest absolute Gasteiger partial charge is 0.478 e. The fraction of sp³-hybridized carbons (Fsp3) is 0. The third-order valence-corrected chi connectivity index (χ3v) is 1.74. The molecule has 0 unspecified atom stereocenters. The molecule has 1 N–H and O–H groups in total. The van der Waals surface area contributed by atoms with E-state index in [1.165, 1.54) is 18.3 Å². The first-order valence-electron chi connectivity index (χ1n) is 3.75. The van der Waals surface area contributed by atoms with E-state index in [9.17, 15) is 9.59 Å². The summed E-state index contributed by atoms with van der Waals surface area (Å²) < 4.78 is 1.09. The molecule has 0 aliphatic heterocycles. The molecular formula is C8H5N3O3. The third-order valence-electron chi connectivity index (χ3n) is 1.74. The Hall–Kier alpha value is -2.24. The molecular weight excluding hydrogens is 186 g/mol. The van der Waals surface area contributed by atoms with E-state index >= 15 is 0 Å². The average Bonchev–Trinajstić information content (AvgIpc) is 2.18. The Balaban J connectivity index is 2.83. The van der Waals surface area contributed by atoms with Gasteiger partial charge in [0.2, 0.25) is 0 Å². The van der Waals surface area contributed by atoms with Crippen molar-refractivity contribution in [2.24, 2.45) is 0 Å². The first kappa shape index (κ1) is 8.36. The van der Waals surface area contributed by atoms with Crippen LogP contribution in [0.1, 0.15) is 10.4 Å². The van der Waals surface area contributed by atoms with Gasteiger partial charge in [0.05, 0.1) is 5.56 Å². The summed E-state index contributed by atoms with van der Waals surface area (Å²) in [6, 6.07) is 2.83. The highest BCUT2D eigenvalue weighted by Gasteiger charge is 2.04. The molecule has 2 heterocycles. The second-order valence-corrected chi connectivity index (χ2v) is 2.61. The molecule has 0 aromatic carbocycles. The van der Waals surface area contributed by atoms with Gasteiger partial charge in [0.1, 0.15) is 12.0 Å². The second kappa shape index (κ2) is 2.91. The monoisotopic (exact) mass is 191 g/mol. The summed E-state index contributed by atoms with van der Waals surface area (Å²) in [5.74, 6) is -1.09. The highest BCUT2D eigenvalue weighted by atomic mass is 16.4. The molecule has 2 aromatic rings. The van der Waals surface area contributed by atoms with Gasteiger partial charge in [-0.3, -0.25) is 4.40 Å². The van der Waals surface area contributed by atoms with Crippen molar-refractivity contribution in [2.75, 3.05) is 0 Å². The Bertz CT molecular complexity index is 561. The molecule has 0 atom stereocenters. The summed E-state index contributed by atoms with van der Waals surface area (Å²) in [6.07, 6.45) is 2.33. The number of aromatic carboxylic acids is 1. The van der Waals surface area contributed by atoms with Crippen LogP contribution in [-0.4, -0.2) is 25.4 Å². The van der Waals surface area contributed by atoms with Crippen LogP contribution >= 0.6 is 0 Å². The van der Waals surface area contributed by atoms with Gasteiger partial charge in [-0.2, -0.15) is 4.98 Å². The van der Waals surface area contributed by atoms with E-state index in [4.69, 9.17) is 5.11 Å². The summed E-state index contributed by atoms with van der Waals surface area (Å²) in [5, 5.41) is 8.68. The lowest BCUT2D eigenvalue weighted by molar-refractivity contribution is 0.0696. The smallest absolute Gasteiger partial charge is 0.354 e. The molecule has 0 radical (unpaired) electrons. The molecule has 2 rings (SSSR count). The zero-order valence-electron chi connectivity index (χ0n) is 6.91. The summed E-state index contributed by atoms with van der Waals surface area (Å²) in [4.78, 5) is 29.0. The van der Waals surface area contributed by atoms with Crippen molar-refractivity contribution < 1.29 is 9.90 Å². The van der Waals surface area contributed by atoms with Gasteiger partial charge in [0.25, 0.3) is 0 Å². The van der Waals surface area contributed by atoms with Crippen molar-refractivity contribution in [1.82, 2.24) is 14.4 Å². The van der Waals surface area contributed by atoms with Crippen LogP contribution in [0, 0.1) is 0 Å². The quantitative estimate of drug-likeness (QED) is 0.674. The van der Waals surface area contributed by atoms with Gasteiger partial charge >= 0.3 is 11.7 Å². The highest BCUT2D eigenvalue weighted by Crippen LogP contribution is 2.00. The zero-order valence-corrected chi connectivity index (χ0v) is 6.91. The standard InChI is InChI=1S/C8H5N3O3/c12-7(13)5-1-2-6-9-4-10-8(14)11(6)3-5/h1-4H,(H,12,13). The van der Waals surface area contributed by atoms with Crippen molar-refractivity contribution >= 4 is 11.6 Å². The molecule has 0 bridgehead atoms. The number of hydrogen-bond acceptors (Lipinski definition) is 4. The lowest BCUT2D eigenvalue weighted by Crippen LogP contribution is -2.18. The van der Waals surface area contributed by atoms with E-state index < -0.39 is 11.7 Å². The number of carboxylic acids is 1. The molecule has 0 spiro atoms. The Morgan fingerprint density at radius 2 is 2.14 bits per heavy atom. The van der Waals surface area contributed by atoms with E-state index in [1.54, 1.807) is 0 Å². The topological polar surface area (TPSA) is 84.6 Å². The fourth-order valence-corrected chi connectivity index (χ4v) is 1.08. The number of fused-ring (bicyclic) bond motifs is 1. The molecule has 0 saturated carbocycles. The Morgan fingerprint density at radius 1 is 1.36 bits per heavy atom. The highest BCUT2D eigenvalue weighted by molar-refractivity contribution is 5.87. The van der Waals surface area contributed by atoms with Crippen LogP contribution in [0.15, 0.2) is 29.5 Å². The molecule has 0 aliphatic carbocycles. The van der Waals surface area contributed by atoms with Gasteiger partial charge in [-0.1, -0.05) is 0 Å². The maximum atomic E-state index is 11.2. The summed E-state index contributed by atoms with van der Waals surface area (Å²) in [5.41, 5.74) is -0.150.